The predicted molar refractivity (Wildman–Crippen MR) is 127 cm³/mol. The fourth-order valence-electron chi connectivity index (χ4n) is 3.61. The van der Waals surface area contributed by atoms with E-state index in [0.717, 1.165) is 19.3 Å². The molecule has 0 unspecified atom stereocenters. The van der Waals surface area contributed by atoms with Gasteiger partial charge < -0.3 is 19.6 Å². The summed E-state index contributed by atoms with van der Waals surface area (Å²) in [7, 11) is -1.80. The van der Waals surface area contributed by atoms with Gasteiger partial charge in [-0.05, 0) is 55.8 Å². The normalized spacial score (nSPS) is 26.3. The topological polar surface area (TPSA) is 71.1 Å². The summed E-state index contributed by atoms with van der Waals surface area (Å²) in [5, 5.41) is 12.6. The first-order valence-corrected chi connectivity index (χ1v) is 14.6. The van der Waals surface area contributed by atoms with Gasteiger partial charge in [-0.1, -0.05) is 54.9 Å². The smallest absolute Gasteiger partial charge is 0.244 e. The Morgan fingerprint density at radius 1 is 1.27 bits per heavy atom. The van der Waals surface area contributed by atoms with Gasteiger partial charge in [0.1, 0.15) is 5.60 Å². The Kier molecular flexibility index (Phi) is 9.80. The van der Waals surface area contributed by atoms with E-state index in [4.69, 9.17) is 9.16 Å². The quantitative estimate of drug-likeness (QED) is 0.252. The van der Waals surface area contributed by atoms with Crippen LogP contribution >= 0.6 is 0 Å². The summed E-state index contributed by atoms with van der Waals surface area (Å²) in [6.07, 6.45) is 6.63. The molecule has 1 amide bonds. The van der Waals surface area contributed by atoms with Gasteiger partial charge in [-0.25, -0.2) is 0 Å². The van der Waals surface area contributed by atoms with Gasteiger partial charge in [-0.15, -0.1) is 0 Å². The van der Waals surface area contributed by atoms with E-state index in [-0.39, 0.29) is 41.7 Å². The van der Waals surface area contributed by atoms with Gasteiger partial charge in [0.25, 0.3) is 0 Å². The maximum atomic E-state index is 12.3. The lowest BCUT2D eigenvalue weighted by atomic mass is 9.91. The molecule has 1 heterocycles. The molecule has 0 aromatic carbocycles. The van der Waals surface area contributed by atoms with Crippen LogP contribution in [0, 0.1) is 11.8 Å². The van der Waals surface area contributed by atoms with E-state index in [9.17, 15) is 9.90 Å². The Morgan fingerprint density at radius 3 is 2.33 bits per heavy atom. The van der Waals surface area contributed by atoms with Crippen molar-refractivity contribution in [3.8, 4) is 0 Å². The number of hydrogen-bond donors (Lipinski definition) is 2. The maximum absolute atomic E-state index is 12.3. The van der Waals surface area contributed by atoms with E-state index in [1.54, 1.807) is 6.08 Å². The highest BCUT2D eigenvalue weighted by Crippen LogP contribution is 2.45. The summed E-state index contributed by atoms with van der Waals surface area (Å²) in [5.41, 5.74) is -0.406. The monoisotopic (exact) mass is 441 g/mol. The number of carbonyl (C=O) groups is 1. The molecule has 6 atom stereocenters. The number of rotatable bonds is 12. The van der Waals surface area contributed by atoms with Crippen LogP contribution in [0.3, 0.4) is 0 Å². The molecule has 0 aliphatic carbocycles. The average molecular weight is 442 g/mol. The number of epoxide rings is 1. The van der Waals surface area contributed by atoms with Crippen molar-refractivity contribution >= 4 is 14.2 Å². The Bertz CT molecular complexity index is 586. The molecule has 0 spiro atoms. The molecular formula is C24H47NO4Si. The van der Waals surface area contributed by atoms with E-state index in [0.29, 0.717) is 5.92 Å². The molecule has 0 radical (unpaired) electrons. The van der Waals surface area contributed by atoms with Crippen molar-refractivity contribution in [3.63, 3.8) is 0 Å². The summed E-state index contributed by atoms with van der Waals surface area (Å²) in [5.74, 6) is 0.410. The van der Waals surface area contributed by atoms with Crippen LogP contribution in [-0.4, -0.2) is 49.8 Å². The minimum Gasteiger partial charge on any atom is -0.414 e. The second kappa shape index (κ2) is 10.8. The first kappa shape index (κ1) is 27.3. The van der Waals surface area contributed by atoms with Gasteiger partial charge in [0.05, 0.1) is 18.8 Å². The van der Waals surface area contributed by atoms with Crippen LogP contribution in [-0.2, 0) is 14.0 Å². The second-order valence-electron chi connectivity index (χ2n) is 10.9. The maximum Gasteiger partial charge on any atom is 0.244 e. The lowest BCUT2D eigenvalue weighted by Crippen LogP contribution is -2.44. The highest BCUT2D eigenvalue weighted by Gasteiger charge is 2.53. The SMILES string of the molecule is CC[C@H](C[C@H](C)[C@@H]1O[C@@]1(C)/C=C/C(=O)N[C@H](CO)[C@@H](C)CC)O[Si](C)(C)C(C)(C)C. The Morgan fingerprint density at radius 2 is 1.87 bits per heavy atom. The van der Waals surface area contributed by atoms with Crippen LogP contribution in [0.1, 0.15) is 74.7 Å². The minimum atomic E-state index is -1.80. The third-order valence-electron chi connectivity index (χ3n) is 7.18. The molecule has 1 fully saturated rings. The molecule has 0 saturated carbocycles. The van der Waals surface area contributed by atoms with Gasteiger partial charge in [0, 0.05) is 12.2 Å². The van der Waals surface area contributed by atoms with Crippen molar-refractivity contribution in [2.45, 2.75) is 117 Å². The summed E-state index contributed by atoms with van der Waals surface area (Å²) in [6, 6.07) is -0.215. The minimum absolute atomic E-state index is 0.0470. The summed E-state index contributed by atoms with van der Waals surface area (Å²) < 4.78 is 12.6. The van der Waals surface area contributed by atoms with Crippen molar-refractivity contribution in [2.24, 2.45) is 11.8 Å². The Balaban J connectivity index is 2.63. The molecule has 1 aliphatic heterocycles. The molecule has 1 rings (SSSR count). The molecule has 1 saturated heterocycles. The van der Waals surface area contributed by atoms with E-state index in [1.165, 1.54) is 0 Å². The third kappa shape index (κ3) is 7.47. The van der Waals surface area contributed by atoms with Gasteiger partial charge in [0.2, 0.25) is 5.91 Å². The highest BCUT2D eigenvalue weighted by molar-refractivity contribution is 6.74. The van der Waals surface area contributed by atoms with Crippen LogP contribution in [0.2, 0.25) is 18.1 Å². The zero-order valence-corrected chi connectivity index (χ0v) is 22.0. The first-order chi connectivity index (χ1) is 13.7. The van der Waals surface area contributed by atoms with Crippen LogP contribution in [0.15, 0.2) is 12.2 Å². The summed E-state index contributed by atoms with van der Waals surface area (Å²) in [6.45, 7) is 21.9. The van der Waals surface area contributed by atoms with Crippen molar-refractivity contribution in [3.05, 3.63) is 12.2 Å². The molecule has 1 aliphatic rings. The van der Waals surface area contributed by atoms with Crippen LogP contribution < -0.4 is 5.32 Å². The van der Waals surface area contributed by atoms with Crippen molar-refractivity contribution in [1.82, 2.24) is 5.32 Å². The average Bonchev–Trinajstić information content (AvgIpc) is 3.34. The second-order valence-corrected chi connectivity index (χ2v) is 15.6. The van der Waals surface area contributed by atoms with Crippen molar-refractivity contribution in [1.29, 1.82) is 0 Å². The number of aliphatic hydroxyl groups excluding tert-OH is 1. The largest absolute Gasteiger partial charge is 0.414 e. The van der Waals surface area contributed by atoms with E-state index < -0.39 is 13.9 Å². The van der Waals surface area contributed by atoms with Crippen molar-refractivity contribution in [2.75, 3.05) is 6.61 Å². The Labute approximate surface area is 186 Å². The van der Waals surface area contributed by atoms with Crippen molar-refractivity contribution < 1.29 is 19.1 Å². The molecule has 0 bridgehead atoms. The lowest BCUT2D eigenvalue weighted by molar-refractivity contribution is -0.117. The fourth-order valence-corrected chi connectivity index (χ4v) is 5.06. The molecule has 6 heteroatoms. The van der Waals surface area contributed by atoms with Gasteiger partial charge in [0.15, 0.2) is 8.32 Å². The number of ether oxygens (including phenoxy) is 1. The molecule has 176 valence electrons. The summed E-state index contributed by atoms with van der Waals surface area (Å²) in [4.78, 5) is 12.3. The molecular weight excluding hydrogens is 394 g/mol. The van der Waals surface area contributed by atoms with Gasteiger partial charge in [-0.2, -0.15) is 0 Å². The zero-order chi connectivity index (χ0) is 23.3. The van der Waals surface area contributed by atoms with Gasteiger partial charge in [-0.3, -0.25) is 4.79 Å². The van der Waals surface area contributed by atoms with E-state index in [2.05, 4.69) is 60.0 Å². The first-order valence-electron chi connectivity index (χ1n) is 11.7. The molecule has 2 N–H and O–H groups in total. The van der Waals surface area contributed by atoms with Crippen LogP contribution in [0.4, 0.5) is 0 Å². The van der Waals surface area contributed by atoms with E-state index >= 15 is 0 Å². The summed E-state index contributed by atoms with van der Waals surface area (Å²) >= 11 is 0. The van der Waals surface area contributed by atoms with Gasteiger partial charge >= 0.3 is 0 Å². The number of nitrogens with one attached hydrogen (secondary N) is 1. The van der Waals surface area contributed by atoms with E-state index in [1.807, 2.05) is 19.9 Å². The molecule has 5 nitrogen and oxygen atoms in total. The molecule has 0 aromatic rings. The highest BCUT2D eigenvalue weighted by atomic mass is 28.4. The number of carbonyl (C=O) groups excluding carboxylic acids is 1. The zero-order valence-electron chi connectivity index (χ0n) is 21.0. The number of hydrogen-bond acceptors (Lipinski definition) is 4. The Hall–Kier alpha value is -0.693. The van der Waals surface area contributed by atoms with Crippen LogP contribution in [0.5, 0.6) is 0 Å². The van der Waals surface area contributed by atoms with Crippen LogP contribution in [0.25, 0.3) is 0 Å². The third-order valence-corrected chi connectivity index (χ3v) is 11.7. The number of aliphatic hydroxyl groups is 1. The predicted octanol–water partition coefficient (Wildman–Crippen LogP) is 5.05. The standard InChI is InChI=1S/C24H47NO4Si/c1-11-17(3)20(16-26)25-21(27)13-14-24(8)22(28-24)18(4)15-19(12-2)29-30(9,10)23(5,6)7/h13-14,17-20,22,26H,11-12,15-16H2,1-10H3,(H,25,27)/b14-13+/t17-,18-,19+,20+,22-,24-/m0/s1. The molecule has 0 aromatic heterocycles. The lowest BCUT2D eigenvalue weighted by Gasteiger charge is -2.39. The molecule has 30 heavy (non-hydrogen) atoms. The fraction of sp³-hybridized carbons (Fsp3) is 0.875. The number of amides is 1.